The van der Waals surface area contributed by atoms with Crippen molar-refractivity contribution >= 4 is 11.7 Å². The van der Waals surface area contributed by atoms with Gasteiger partial charge in [-0.25, -0.2) is 9.97 Å². The van der Waals surface area contributed by atoms with Gasteiger partial charge in [-0.2, -0.15) is 0 Å². The topological polar surface area (TPSA) is 49.3 Å². The van der Waals surface area contributed by atoms with Gasteiger partial charge in [0.05, 0.1) is 0 Å². The van der Waals surface area contributed by atoms with E-state index >= 15 is 0 Å². The summed E-state index contributed by atoms with van der Waals surface area (Å²) in [5, 5.41) is 0. The number of nitrogens with zero attached hydrogens (tertiary/aromatic N) is 4. The molecule has 0 bridgehead atoms. The third-order valence-electron chi connectivity index (χ3n) is 7.00. The summed E-state index contributed by atoms with van der Waals surface area (Å²) in [7, 11) is 0. The maximum absolute atomic E-state index is 13.1. The van der Waals surface area contributed by atoms with E-state index in [0.717, 1.165) is 69.1 Å². The molecule has 5 nitrogen and oxygen atoms in total. The zero-order valence-electron chi connectivity index (χ0n) is 17.9. The highest BCUT2D eigenvalue weighted by Crippen LogP contribution is 2.34. The van der Waals surface area contributed by atoms with E-state index in [0.29, 0.717) is 5.91 Å². The Bertz CT molecular complexity index is 882. The zero-order chi connectivity index (χ0) is 20.3. The molecule has 30 heavy (non-hydrogen) atoms. The molecule has 0 unspecified atom stereocenters. The molecule has 1 aliphatic carbocycles. The van der Waals surface area contributed by atoms with Crippen LogP contribution in [0, 0.1) is 5.92 Å². The highest BCUT2D eigenvalue weighted by Gasteiger charge is 2.31. The average molecular weight is 405 g/mol. The maximum atomic E-state index is 13.1. The Kier molecular flexibility index (Phi) is 5.69. The number of hydrogen-bond acceptors (Lipinski definition) is 4. The Morgan fingerprint density at radius 2 is 1.57 bits per heavy atom. The van der Waals surface area contributed by atoms with Crippen LogP contribution in [-0.2, 0) is 17.6 Å². The van der Waals surface area contributed by atoms with E-state index in [2.05, 4.69) is 21.9 Å². The lowest BCUT2D eigenvalue weighted by Crippen LogP contribution is -2.43. The number of likely N-dealkylation sites (tertiary alicyclic amines) is 1. The molecule has 2 aromatic rings. The number of rotatable bonds is 3. The number of hydrogen-bond donors (Lipinski definition) is 0. The lowest BCUT2D eigenvalue weighted by molar-refractivity contribution is -0.136. The number of aryl methyl sites for hydroxylation is 1. The summed E-state index contributed by atoms with van der Waals surface area (Å²) in [6.07, 6.45) is 10.0. The second-order valence-corrected chi connectivity index (χ2v) is 9.02. The first-order chi connectivity index (χ1) is 14.8. The van der Waals surface area contributed by atoms with E-state index < -0.39 is 0 Å². The van der Waals surface area contributed by atoms with Crippen LogP contribution in [0.5, 0.6) is 0 Å². The van der Waals surface area contributed by atoms with Crippen LogP contribution in [0.15, 0.2) is 30.3 Å². The molecule has 1 aromatic carbocycles. The molecule has 0 spiro atoms. The number of aromatic nitrogens is 2. The fraction of sp³-hybridized carbons (Fsp3) is 0.560. The van der Waals surface area contributed by atoms with Gasteiger partial charge in [0.15, 0.2) is 5.82 Å². The number of carbonyl (C=O) groups is 1. The molecule has 1 amide bonds. The summed E-state index contributed by atoms with van der Waals surface area (Å²) in [6, 6.07) is 10.3. The Labute approximate surface area is 179 Å². The van der Waals surface area contributed by atoms with Crippen LogP contribution in [0.25, 0.3) is 11.4 Å². The minimum absolute atomic E-state index is 0.183. The Morgan fingerprint density at radius 1 is 0.833 bits per heavy atom. The molecule has 1 aromatic heterocycles. The lowest BCUT2D eigenvalue weighted by Gasteiger charge is -2.35. The number of anilines is 1. The highest BCUT2D eigenvalue weighted by molar-refractivity contribution is 5.79. The van der Waals surface area contributed by atoms with E-state index in [-0.39, 0.29) is 5.92 Å². The van der Waals surface area contributed by atoms with E-state index in [4.69, 9.17) is 9.97 Å². The summed E-state index contributed by atoms with van der Waals surface area (Å²) >= 11 is 0. The van der Waals surface area contributed by atoms with Gasteiger partial charge < -0.3 is 9.80 Å². The summed E-state index contributed by atoms with van der Waals surface area (Å²) < 4.78 is 0. The quantitative estimate of drug-likeness (QED) is 0.767. The Morgan fingerprint density at radius 3 is 2.30 bits per heavy atom. The van der Waals surface area contributed by atoms with Gasteiger partial charge in [0.2, 0.25) is 5.91 Å². The molecule has 3 aliphatic rings. The number of benzene rings is 1. The van der Waals surface area contributed by atoms with Gasteiger partial charge in [0.25, 0.3) is 0 Å². The molecule has 5 heteroatoms. The number of fused-ring (bicyclic) bond motifs is 1. The van der Waals surface area contributed by atoms with E-state index in [1.54, 1.807) is 0 Å². The van der Waals surface area contributed by atoms with Crippen molar-refractivity contribution in [2.24, 2.45) is 5.92 Å². The van der Waals surface area contributed by atoms with Crippen LogP contribution >= 0.6 is 0 Å². The van der Waals surface area contributed by atoms with Gasteiger partial charge in [0, 0.05) is 48.9 Å². The molecule has 0 radical (unpaired) electrons. The predicted molar refractivity (Wildman–Crippen MR) is 119 cm³/mol. The van der Waals surface area contributed by atoms with E-state index in [1.165, 1.54) is 43.4 Å². The number of amides is 1. The van der Waals surface area contributed by atoms with E-state index in [1.807, 2.05) is 18.2 Å². The van der Waals surface area contributed by atoms with Gasteiger partial charge in [-0.1, -0.05) is 43.2 Å². The van der Waals surface area contributed by atoms with Crippen LogP contribution in [0.4, 0.5) is 5.82 Å². The number of carbonyl (C=O) groups excluding carboxylic acids is 1. The second kappa shape index (κ2) is 8.75. The van der Waals surface area contributed by atoms with Crippen LogP contribution in [-0.4, -0.2) is 47.0 Å². The molecule has 2 aliphatic heterocycles. The molecule has 3 heterocycles. The van der Waals surface area contributed by atoms with Gasteiger partial charge in [-0.15, -0.1) is 0 Å². The van der Waals surface area contributed by atoms with Gasteiger partial charge in [0.1, 0.15) is 5.82 Å². The molecular formula is C25H32N4O. The fourth-order valence-electron chi connectivity index (χ4n) is 5.28. The first kappa shape index (κ1) is 19.5. The maximum Gasteiger partial charge on any atom is 0.225 e. The standard InChI is InChI=1S/C25H32N4O/c30-25(29-15-6-1-2-7-16-29)20-13-17-28(18-14-20)24-21-11-8-12-22(21)26-23(27-24)19-9-4-3-5-10-19/h3-5,9-10,20H,1-2,6-8,11-18H2. The molecule has 5 rings (SSSR count). The van der Waals surface area contributed by atoms with Gasteiger partial charge >= 0.3 is 0 Å². The normalized spacial score (nSPS) is 20.1. The van der Waals surface area contributed by atoms with Crippen LogP contribution < -0.4 is 4.90 Å². The lowest BCUT2D eigenvalue weighted by atomic mass is 9.94. The molecule has 0 atom stereocenters. The van der Waals surface area contributed by atoms with Crippen molar-refractivity contribution in [1.29, 1.82) is 0 Å². The van der Waals surface area contributed by atoms with Crippen molar-refractivity contribution in [1.82, 2.24) is 14.9 Å². The third-order valence-corrected chi connectivity index (χ3v) is 7.00. The van der Waals surface area contributed by atoms with Crippen LogP contribution in [0.1, 0.15) is 56.2 Å². The van der Waals surface area contributed by atoms with Crippen molar-refractivity contribution < 1.29 is 4.79 Å². The summed E-state index contributed by atoms with van der Waals surface area (Å²) in [5.74, 6) is 2.54. The second-order valence-electron chi connectivity index (χ2n) is 9.02. The fourth-order valence-corrected chi connectivity index (χ4v) is 5.28. The van der Waals surface area contributed by atoms with Crippen molar-refractivity contribution in [3.8, 4) is 11.4 Å². The molecule has 158 valence electrons. The first-order valence-corrected chi connectivity index (χ1v) is 11.8. The van der Waals surface area contributed by atoms with Crippen molar-refractivity contribution in [3.63, 3.8) is 0 Å². The van der Waals surface area contributed by atoms with Crippen molar-refractivity contribution in [3.05, 3.63) is 41.6 Å². The largest absolute Gasteiger partial charge is 0.356 e. The molecule has 2 saturated heterocycles. The van der Waals surface area contributed by atoms with Crippen molar-refractivity contribution in [2.75, 3.05) is 31.1 Å². The van der Waals surface area contributed by atoms with Crippen molar-refractivity contribution in [2.45, 2.75) is 57.8 Å². The average Bonchev–Trinajstić information content (AvgIpc) is 3.12. The Hall–Kier alpha value is -2.43. The molecular weight excluding hydrogens is 372 g/mol. The van der Waals surface area contributed by atoms with Crippen LogP contribution in [0.2, 0.25) is 0 Å². The first-order valence-electron chi connectivity index (χ1n) is 11.8. The number of piperidine rings is 1. The zero-order valence-corrected chi connectivity index (χ0v) is 17.9. The molecule has 2 fully saturated rings. The minimum atomic E-state index is 0.183. The van der Waals surface area contributed by atoms with Gasteiger partial charge in [-0.05, 0) is 44.9 Å². The smallest absolute Gasteiger partial charge is 0.225 e. The summed E-state index contributed by atoms with van der Waals surface area (Å²) in [4.78, 5) is 27.5. The SMILES string of the molecule is O=C(C1CCN(c2nc(-c3ccccc3)nc3c2CCC3)CC1)N1CCCCCC1. The third kappa shape index (κ3) is 3.94. The minimum Gasteiger partial charge on any atom is -0.356 e. The van der Waals surface area contributed by atoms with Crippen LogP contribution in [0.3, 0.4) is 0 Å². The summed E-state index contributed by atoms with van der Waals surface area (Å²) in [5.41, 5.74) is 3.65. The molecule has 0 saturated carbocycles. The Balaban J connectivity index is 1.32. The van der Waals surface area contributed by atoms with E-state index in [9.17, 15) is 4.79 Å². The summed E-state index contributed by atoms with van der Waals surface area (Å²) in [6.45, 7) is 3.75. The molecule has 0 N–H and O–H groups in total. The van der Waals surface area contributed by atoms with Gasteiger partial charge in [-0.3, -0.25) is 4.79 Å². The monoisotopic (exact) mass is 404 g/mol. The predicted octanol–water partition coefficient (Wildman–Crippen LogP) is 4.25. The highest BCUT2D eigenvalue weighted by atomic mass is 16.2.